The molecule has 19 heavy (non-hydrogen) atoms. The Kier molecular flexibility index (Phi) is 3.32. The van der Waals surface area contributed by atoms with Gasteiger partial charge in [-0.2, -0.15) is 0 Å². The standard InChI is InChI=1S/C12H12N2O3S2/c1-17-8-4-2-7(3-5-8)6-14-11(16)10-13-9(15)12(14)19-18-10/h2-5,10,12H,6H2,1H3,(H,13,15)/t10-,12?/m1/s1. The smallest absolute Gasteiger partial charge is 0.258 e. The summed E-state index contributed by atoms with van der Waals surface area (Å²) in [5, 5.41) is 1.82. The van der Waals surface area contributed by atoms with Gasteiger partial charge in [-0.1, -0.05) is 33.7 Å². The van der Waals surface area contributed by atoms with Crippen LogP contribution in [0.2, 0.25) is 0 Å². The molecule has 2 amide bonds. The molecule has 0 aliphatic carbocycles. The van der Waals surface area contributed by atoms with Crippen molar-refractivity contribution in [2.24, 2.45) is 0 Å². The van der Waals surface area contributed by atoms with E-state index < -0.39 is 10.7 Å². The number of amides is 2. The third-order valence-electron chi connectivity index (χ3n) is 3.04. The molecule has 0 radical (unpaired) electrons. The van der Waals surface area contributed by atoms with Crippen LogP contribution in [0.3, 0.4) is 0 Å². The fourth-order valence-electron chi connectivity index (χ4n) is 2.03. The molecule has 2 bridgehead atoms. The first-order valence-electron chi connectivity index (χ1n) is 5.75. The number of nitrogens with zero attached hydrogens (tertiary/aromatic N) is 1. The molecule has 0 aromatic heterocycles. The van der Waals surface area contributed by atoms with E-state index in [1.54, 1.807) is 12.0 Å². The number of hydrogen-bond donors (Lipinski definition) is 1. The lowest BCUT2D eigenvalue weighted by molar-refractivity contribution is -0.143. The first-order valence-corrected chi connectivity index (χ1v) is 8.02. The summed E-state index contributed by atoms with van der Waals surface area (Å²) in [6.45, 7) is 0.449. The molecule has 1 unspecified atom stereocenters. The SMILES string of the molecule is COc1ccc(CN2C(=O)[C@@H]3NC(=O)C2SS3)cc1. The van der Waals surface area contributed by atoms with Crippen LogP contribution >= 0.6 is 21.6 Å². The normalized spacial score (nSPS) is 25.4. The van der Waals surface area contributed by atoms with Crippen molar-refractivity contribution in [1.82, 2.24) is 10.2 Å². The third-order valence-corrected chi connectivity index (χ3v) is 5.77. The number of carbonyl (C=O) groups excluding carboxylic acids is 2. The van der Waals surface area contributed by atoms with Crippen molar-refractivity contribution >= 4 is 33.4 Å². The van der Waals surface area contributed by atoms with Crippen LogP contribution in [-0.2, 0) is 16.1 Å². The Bertz CT molecular complexity index is 520. The summed E-state index contributed by atoms with van der Waals surface area (Å²) in [5.74, 6) is 0.670. The van der Waals surface area contributed by atoms with Gasteiger partial charge in [0.2, 0.25) is 0 Å². The molecule has 5 nitrogen and oxygen atoms in total. The van der Waals surface area contributed by atoms with Crippen LogP contribution in [0.25, 0.3) is 0 Å². The Morgan fingerprint density at radius 3 is 2.63 bits per heavy atom. The van der Waals surface area contributed by atoms with E-state index in [4.69, 9.17) is 4.74 Å². The lowest BCUT2D eigenvalue weighted by Crippen LogP contribution is -2.63. The lowest BCUT2D eigenvalue weighted by Gasteiger charge is -2.42. The van der Waals surface area contributed by atoms with Gasteiger partial charge in [-0.25, -0.2) is 0 Å². The van der Waals surface area contributed by atoms with Gasteiger partial charge in [0.05, 0.1) is 7.11 Å². The maximum absolute atomic E-state index is 12.1. The van der Waals surface area contributed by atoms with Gasteiger partial charge in [-0.05, 0) is 17.7 Å². The molecule has 100 valence electrons. The Balaban J connectivity index is 1.78. The van der Waals surface area contributed by atoms with Crippen LogP contribution in [0.5, 0.6) is 5.75 Å². The first kappa shape index (κ1) is 12.7. The average molecular weight is 296 g/mol. The molecule has 4 rings (SSSR count). The van der Waals surface area contributed by atoms with Gasteiger partial charge in [-0.15, -0.1) is 0 Å². The minimum Gasteiger partial charge on any atom is -0.497 e. The topological polar surface area (TPSA) is 58.6 Å². The molecule has 3 fully saturated rings. The van der Waals surface area contributed by atoms with E-state index in [1.807, 2.05) is 24.3 Å². The quantitative estimate of drug-likeness (QED) is 0.849. The van der Waals surface area contributed by atoms with Crippen molar-refractivity contribution < 1.29 is 14.3 Å². The van der Waals surface area contributed by atoms with Crippen molar-refractivity contribution in [3.63, 3.8) is 0 Å². The zero-order chi connectivity index (χ0) is 13.4. The molecule has 0 spiro atoms. The highest BCUT2D eigenvalue weighted by Crippen LogP contribution is 2.42. The van der Waals surface area contributed by atoms with Crippen LogP contribution in [0.15, 0.2) is 24.3 Å². The Labute approximate surface area is 118 Å². The maximum atomic E-state index is 12.1. The fourth-order valence-corrected chi connectivity index (χ4v) is 4.68. The van der Waals surface area contributed by atoms with E-state index in [0.29, 0.717) is 6.54 Å². The molecule has 1 aromatic carbocycles. The van der Waals surface area contributed by atoms with Crippen LogP contribution < -0.4 is 10.1 Å². The third kappa shape index (κ3) is 2.28. The van der Waals surface area contributed by atoms with Crippen LogP contribution in [-0.4, -0.2) is 34.6 Å². The molecule has 3 heterocycles. The molecular weight excluding hydrogens is 284 g/mol. The van der Waals surface area contributed by atoms with Gasteiger partial charge >= 0.3 is 0 Å². The molecule has 7 heteroatoms. The second-order valence-corrected chi connectivity index (χ2v) is 6.71. The minimum absolute atomic E-state index is 0.0239. The van der Waals surface area contributed by atoms with Crippen molar-refractivity contribution in [3.8, 4) is 5.75 Å². The van der Waals surface area contributed by atoms with Gasteiger partial charge in [-0.3, -0.25) is 9.59 Å². The highest BCUT2D eigenvalue weighted by Gasteiger charge is 2.46. The second kappa shape index (κ2) is 4.97. The summed E-state index contributed by atoms with van der Waals surface area (Å²) in [4.78, 5) is 25.5. The van der Waals surface area contributed by atoms with E-state index in [0.717, 1.165) is 11.3 Å². The highest BCUT2D eigenvalue weighted by atomic mass is 33.1. The number of methoxy groups -OCH3 is 1. The predicted octanol–water partition coefficient (Wildman–Crippen LogP) is 1.20. The molecule has 3 aliphatic rings. The van der Waals surface area contributed by atoms with Gasteiger partial charge < -0.3 is 15.0 Å². The monoisotopic (exact) mass is 296 g/mol. The van der Waals surface area contributed by atoms with Crippen LogP contribution in [0.1, 0.15) is 5.56 Å². The minimum atomic E-state index is -0.444. The Hall–Kier alpha value is -1.34. The number of fused-ring (bicyclic) bond motifs is 3. The summed E-state index contributed by atoms with van der Waals surface area (Å²) < 4.78 is 5.09. The number of piperazine rings is 1. The number of hydrogen-bond acceptors (Lipinski definition) is 5. The zero-order valence-electron chi connectivity index (χ0n) is 10.2. The average Bonchev–Trinajstić information content (AvgIpc) is 2.44. The van der Waals surface area contributed by atoms with Gasteiger partial charge in [0.15, 0.2) is 10.7 Å². The van der Waals surface area contributed by atoms with E-state index in [9.17, 15) is 9.59 Å². The number of nitrogens with one attached hydrogen (secondary N) is 1. The first-order chi connectivity index (χ1) is 9.19. The lowest BCUT2D eigenvalue weighted by atomic mass is 10.2. The molecule has 3 saturated heterocycles. The largest absolute Gasteiger partial charge is 0.497 e. The zero-order valence-corrected chi connectivity index (χ0v) is 11.8. The van der Waals surface area contributed by atoms with E-state index in [-0.39, 0.29) is 11.8 Å². The summed E-state index contributed by atoms with van der Waals surface area (Å²) in [6, 6.07) is 7.52. The summed E-state index contributed by atoms with van der Waals surface area (Å²) in [6.07, 6.45) is 0. The second-order valence-electron chi connectivity index (χ2n) is 4.25. The fraction of sp³-hybridized carbons (Fsp3) is 0.333. The van der Waals surface area contributed by atoms with Crippen molar-refractivity contribution in [2.75, 3.05) is 7.11 Å². The molecule has 3 aliphatic heterocycles. The predicted molar refractivity (Wildman–Crippen MR) is 74.4 cm³/mol. The maximum Gasteiger partial charge on any atom is 0.258 e. The van der Waals surface area contributed by atoms with E-state index in [1.165, 1.54) is 21.6 Å². The molecule has 0 saturated carbocycles. The Morgan fingerprint density at radius 2 is 2.00 bits per heavy atom. The van der Waals surface area contributed by atoms with Crippen LogP contribution in [0, 0.1) is 0 Å². The molecule has 2 atom stereocenters. The highest BCUT2D eigenvalue weighted by molar-refractivity contribution is 8.77. The molecule has 1 aromatic rings. The van der Waals surface area contributed by atoms with Crippen molar-refractivity contribution in [1.29, 1.82) is 0 Å². The van der Waals surface area contributed by atoms with Crippen molar-refractivity contribution in [3.05, 3.63) is 29.8 Å². The number of rotatable bonds is 3. The number of ether oxygens (including phenoxy) is 1. The Morgan fingerprint density at radius 1 is 1.26 bits per heavy atom. The van der Waals surface area contributed by atoms with Gasteiger partial charge in [0.1, 0.15) is 5.75 Å². The van der Waals surface area contributed by atoms with Crippen molar-refractivity contribution in [2.45, 2.75) is 17.3 Å². The number of carbonyl (C=O) groups is 2. The van der Waals surface area contributed by atoms with Crippen LogP contribution in [0.4, 0.5) is 0 Å². The van der Waals surface area contributed by atoms with Gasteiger partial charge in [0, 0.05) is 6.54 Å². The summed E-state index contributed by atoms with van der Waals surface area (Å²) >= 11 is 0. The van der Waals surface area contributed by atoms with E-state index >= 15 is 0 Å². The summed E-state index contributed by atoms with van der Waals surface area (Å²) in [7, 11) is 4.48. The molecular formula is C12H12N2O3S2. The van der Waals surface area contributed by atoms with E-state index in [2.05, 4.69) is 5.32 Å². The van der Waals surface area contributed by atoms with Gasteiger partial charge in [0.25, 0.3) is 11.8 Å². The molecule has 1 N–H and O–H groups in total. The number of benzene rings is 1. The summed E-state index contributed by atoms with van der Waals surface area (Å²) in [5.41, 5.74) is 0.986.